The van der Waals surface area contributed by atoms with Gasteiger partial charge in [0.1, 0.15) is 17.2 Å². The van der Waals surface area contributed by atoms with Crippen LogP contribution in [0.5, 0.6) is 11.5 Å². The number of methoxy groups -OCH3 is 1. The number of ether oxygens (including phenoxy) is 1. The number of amides is 1. The Bertz CT molecular complexity index is 1040. The van der Waals surface area contributed by atoms with E-state index >= 15 is 0 Å². The van der Waals surface area contributed by atoms with E-state index < -0.39 is 5.66 Å². The zero-order valence-corrected chi connectivity index (χ0v) is 20.1. The number of hydrogen-bond donors (Lipinski definition) is 2. The third-order valence-corrected chi connectivity index (χ3v) is 7.31. The number of hydrogen-bond acceptors (Lipinski definition) is 5. The Balaban J connectivity index is 1.74. The molecule has 6 heteroatoms. The third-order valence-electron chi connectivity index (χ3n) is 7.31. The normalized spacial score (nSPS) is 22.5. The van der Waals surface area contributed by atoms with Crippen LogP contribution in [-0.2, 0) is 16.9 Å². The Hall–Kier alpha value is -2.73. The highest BCUT2D eigenvalue weighted by Gasteiger charge is 2.58. The van der Waals surface area contributed by atoms with Gasteiger partial charge in [-0.15, -0.1) is 0 Å². The summed E-state index contributed by atoms with van der Waals surface area (Å²) in [6.45, 7) is 13.2. The zero-order chi connectivity index (χ0) is 23.3. The Labute approximate surface area is 191 Å². The van der Waals surface area contributed by atoms with Gasteiger partial charge in [0, 0.05) is 55.8 Å². The van der Waals surface area contributed by atoms with Crippen molar-refractivity contribution in [2.45, 2.75) is 46.7 Å². The molecule has 1 fully saturated rings. The number of rotatable bonds is 4. The van der Waals surface area contributed by atoms with Crippen LogP contribution in [0, 0.1) is 19.3 Å². The molecule has 2 aliphatic rings. The first-order valence-corrected chi connectivity index (χ1v) is 11.4. The summed E-state index contributed by atoms with van der Waals surface area (Å²) in [5, 5.41) is 14.6. The number of anilines is 1. The minimum absolute atomic E-state index is 0.0836. The molecule has 1 atom stereocenters. The number of nitrogens with one attached hydrogen (secondary N) is 1. The number of fused-ring (bicyclic) bond motifs is 1. The molecule has 0 spiro atoms. The largest absolute Gasteiger partial charge is 0.507 e. The van der Waals surface area contributed by atoms with Gasteiger partial charge in [-0.25, -0.2) is 0 Å². The van der Waals surface area contributed by atoms with E-state index in [0.29, 0.717) is 5.75 Å². The van der Waals surface area contributed by atoms with Gasteiger partial charge < -0.3 is 20.1 Å². The van der Waals surface area contributed by atoms with Crippen molar-refractivity contribution in [3.8, 4) is 11.5 Å². The smallest absolute Gasteiger partial charge is 0.218 e. The molecule has 1 amide bonds. The number of aryl methyl sites for hydroxylation is 2. The van der Waals surface area contributed by atoms with Crippen molar-refractivity contribution in [1.29, 1.82) is 0 Å². The molecular weight excluding hydrogens is 402 g/mol. The van der Waals surface area contributed by atoms with Gasteiger partial charge in [0.2, 0.25) is 5.91 Å². The number of phenolic OH excluding ortho intramolecular Hbond substituents is 1. The summed E-state index contributed by atoms with van der Waals surface area (Å²) in [6.07, 6.45) is 0.804. The Morgan fingerprint density at radius 2 is 1.78 bits per heavy atom. The summed E-state index contributed by atoms with van der Waals surface area (Å²) >= 11 is 0. The van der Waals surface area contributed by atoms with Crippen LogP contribution >= 0.6 is 0 Å². The van der Waals surface area contributed by atoms with Crippen LogP contribution in [0.3, 0.4) is 0 Å². The van der Waals surface area contributed by atoms with Crippen LogP contribution in [0.15, 0.2) is 30.3 Å². The van der Waals surface area contributed by atoms with E-state index in [2.05, 4.69) is 54.1 Å². The second-order valence-corrected chi connectivity index (χ2v) is 9.84. The fourth-order valence-electron chi connectivity index (χ4n) is 5.80. The molecule has 1 aliphatic heterocycles. The molecule has 172 valence electrons. The molecular formula is C26H35N3O3. The van der Waals surface area contributed by atoms with Gasteiger partial charge in [0.05, 0.1) is 7.11 Å². The van der Waals surface area contributed by atoms with Crippen LogP contribution in [-0.4, -0.2) is 49.2 Å². The fourth-order valence-corrected chi connectivity index (χ4v) is 5.80. The standard InChI is InChI=1S/C26H35N3O3/c1-17-14-18(2)24(31)23-22(17)16-25(4,5)26(23,27-19(3)30)29-12-10-28(11-13-29)20-8-7-9-21(15-20)32-6/h7-9,14-15,31H,10-13,16H2,1-6H3,(H,27,30). The van der Waals surface area contributed by atoms with Crippen LogP contribution in [0.25, 0.3) is 0 Å². The topological polar surface area (TPSA) is 65.0 Å². The van der Waals surface area contributed by atoms with E-state index in [1.54, 1.807) is 14.0 Å². The van der Waals surface area contributed by atoms with Crippen molar-refractivity contribution >= 4 is 11.6 Å². The van der Waals surface area contributed by atoms with E-state index in [9.17, 15) is 9.90 Å². The van der Waals surface area contributed by atoms with Crippen molar-refractivity contribution in [3.63, 3.8) is 0 Å². The van der Waals surface area contributed by atoms with Gasteiger partial charge in [-0.05, 0) is 49.1 Å². The van der Waals surface area contributed by atoms with Gasteiger partial charge in [-0.2, -0.15) is 0 Å². The summed E-state index contributed by atoms with van der Waals surface area (Å²) in [7, 11) is 1.68. The van der Waals surface area contributed by atoms with Crippen LogP contribution in [0.4, 0.5) is 5.69 Å². The lowest BCUT2D eigenvalue weighted by atomic mass is 9.77. The number of carbonyl (C=O) groups excluding carboxylic acids is 1. The lowest BCUT2D eigenvalue weighted by Gasteiger charge is -2.53. The van der Waals surface area contributed by atoms with Gasteiger partial charge in [0.25, 0.3) is 0 Å². The lowest BCUT2D eigenvalue weighted by molar-refractivity contribution is -0.129. The quantitative estimate of drug-likeness (QED) is 0.763. The lowest BCUT2D eigenvalue weighted by Crippen LogP contribution is -2.67. The molecule has 0 radical (unpaired) electrons. The zero-order valence-electron chi connectivity index (χ0n) is 20.1. The van der Waals surface area contributed by atoms with Crippen LogP contribution < -0.4 is 15.0 Å². The van der Waals surface area contributed by atoms with Gasteiger partial charge in [-0.3, -0.25) is 9.69 Å². The van der Waals surface area contributed by atoms with Gasteiger partial charge >= 0.3 is 0 Å². The summed E-state index contributed by atoms with van der Waals surface area (Å²) in [4.78, 5) is 17.3. The van der Waals surface area contributed by atoms with Crippen LogP contribution in [0.2, 0.25) is 0 Å². The Morgan fingerprint density at radius 1 is 1.09 bits per heavy atom. The minimum Gasteiger partial charge on any atom is -0.507 e. The molecule has 1 saturated heterocycles. The third kappa shape index (κ3) is 3.41. The molecule has 1 aliphatic carbocycles. The van der Waals surface area contributed by atoms with Crippen molar-refractivity contribution in [1.82, 2.24) is 10.2 Å². The highest BCUT2D eigenvalue weighted by molar-refractivity contribution is 5.75. The predicted octanol–water partition coefficient (Wildman–Crippen LogP) is 3.71. The van der Waals surface area contributed by atoms with E-state index in [4.69, 9.17) is 4.74 Å². The van der Waals surface area contributed by atoms with E-state index in [0.717, 1.165) is 60.7 Å². The molecule has 1 heterocycles. The predicted molar refractivity (Wildman–Crippen MR) is 127 cm³/mol. The maximum Gasteiger partial charge on any atom is 0.218 e. The number of benzene rings is 2. The monoisotopic (exact) mass is 437 g/mol. The maximum atomic E-state index is 12.5. The first-order chi connectivity index (χ1) is 15.1. The summed E-state index contributed by atoms with van der Waals surface area (Å²) in [5.41, 5.74) is 4.16. The number of nitrogens with zero attached hydrogens (tertiary/aromatic N) is 2. The number of aromatic hydroxyl groups is 1. The SMILES string of the molecule is COc1cccc(N2CCN(C3(NC(C)=O)c4c(O)c(C)cc(C)c4CC3(C)C)CC2)c1. The minimum atomic E-state index is -0.754. The second kappa shape index (κ2) is 8.00. The molecule has 1 unspecified atom stereocenters. The average Bonchev–Trinajstić information content (AvgIpc) is 3.00. The number of phenols is 1. The molecule has 2 aromatic carbocycles. The van der Waals surface area contributed by atoms with Gasteiger partial charge in [-0.1, -0.05) is 26.0 Å². The summed E-state index contributed by atoms with van der Waals surface area (Å²) < 4.78 is 5.40. The molecule has 4 rings (SSSR count). The van der Waals surface area contributed by atoms with Crippen molar-refractivity contribution in [3.05, 3.63) is 52.6 Å². The number of piperazine rings is 1. The Morgan fingerprint density at radius 3 is 2.41 bits per heavy atom. The molecule has 0 aromatic heterocycles. The van der Waals surface area contributed by atoms with E-state index in [1.165, 1.54) is 5.56 Å². The highest BCUT2D eigenvalue weighted by atomic mass is 16.5. The molecule has 2 aromatic rings. The first-order valence-electron chi connectivity index (χ1n) is 11.4. The number of carbonyl (C=O) groups is 1. The molecule has 0 bridgehead atoms. The summed E-state index contributed by atoms with van der Waals surface area (Å²) in [6, 6.07) is 10.2. The first kappa shape index (κ1) is 22.5. The second-order valence-electron chi connectivity index (χ2n) is 9.84. The summed E-state index contributed by atoms with van der Waals surface area (Å²) in [5.74, 6) is 1.07. The molecule has 6 nitrogen and oxygen atoms in total. The van der Waals surface area contributed by atoms with Crippen molar-refractivity contribution in [2.75, 3.05) is 38.2 Å². The van der Waals surface area contributed by atoms with Crippen molar-refractivity contribution in [2.24, 2.45) is 5.41 Å². The van der Waals surface area contributed by atoms with Crippen LogP contribution in [0.1, 0.15) is 43.0 Å². The molecule has 2 N–H and O–H groups in total. The van der Waals surface area contributed by atoms with Crippen molar-refractivity contribution < 1.29 is 14.6 Å². The van der Waals surface area contributed by atoms with E-state index in [1.807, 2.05) is 19.1 Å². The maximum absolute atomic E-state index is 12.5. The van der Waals surface area contributed by atoms with Gasteiger partial charge in [0.15, 0.2) is 0 Å². The molecule has 32 heavy (non-hydrogen) atoms. The Kier molecular flexibility index (Phi) is 5.61. The highest BCUT2D eigenvalue weighted by Crippen LogP contribution is 2.56. The fraction of sp³-hybridized carbons (Fsp3) is 0.500. The average molecular weight is 438 g/mol. The van der Waals surface area contributed by atoms with E-state index in [-0.39, 0.29) is 11.3 Å². The molecule has 0 saturated carbocycles.